The Kier molecular flexibility index (Phi) is 17.6. The van der Waals surface area contributed by atoms with Gasteiger partial charge in [0.1, 0.15) is 0 Å². The van der Waals surface area contributed by atoms with Crippen molar-refractivity contribution in [1.82, 2.24) is 0 Å². The molecule has 1 N–H and O–H groups in total. The third kappa shape index (κ3) is 13.1. The molecule has 0 atom stereocenters. The summed E-state index contributed by atoms with van der Waals surface area (Å²) in [5, 5.41) is 8.34. The third-order valence-electron chi connectivity index (χ3n) is 1.25. The molecule has 0 spiro atoms. The maximum absolute atomic E-state index is 8.34. The summed E-state index contributed by atoms with van der Waals surface area (Å²) >= 11 is 0. The van der Waals surface area contributed by atoms with E-state index in [0.717, 1.165) is 19.4 Å². The smallest absolute Gasteiger partial charge is 0.0701 e. The number of ether oxygens (including phenoxy) is 2. The minimum atomic E-state index is 0. The molecule has 0 aliphatic rings. The second-order valence-corrected chi connectivity index (χ2v) is 2.30. The molecular formula is C8H18O3Zn. The first-order valence-corrected chi connectivity index (χ1v) is 4.18. The summed E-state index contributed by atoms with van der Waals surface area (Å²) in [5.74, 6) is 0. The van der Waals surface area contributed by atoms with Crippen molar-refractivity contribution in [2.45, 2.75) is 19.8 Å². The zero-order valence-electron chi connectivity index (χ0n) is 7.92. The Balaban J connectivity index is 0. The first kappa shape index (κ1) is 15.0. The van der Waals surface area contributed by atoms with Gasteiger partial charge in [-0.3, -0.25) is 0 Å². The van der Waals surface area contributed by atoms with Gasteiger partial charge in [0.15, 0.2) is 0 Å². The van der Waals surface area contributed by atoms with E-state index in [-0.39, 0.29) is 26.1 Å². The van der Waals surface area contributed by atoms with Gasteiger partial charge in [0.25, 0.3) is 0 Å². The van der Waals surface area contributed by atoms with Crippen molar-refractivity contribution >= 4 is 0 Å². The number of aliphatic hydroxyl groups excluding tert-OH is 1. The third-order valence-corrected chi connectivity index (χ3v) is 1.25. The largest absolute Gasteiger partial charge is 0.394 e. The SMILES string of the molecule is CCCCOCCOCCO.[Zn]. The second kappa shape index (κ2) is 14.1. The van der Waals surface area contributed by atoms with E-state index in [2.05, 4.69) is 6.92 Å². The summed E-state index contributed by atoms with van der Waals surface area (Å²) in [4.78, 5) is 0. The number of unbranched alkanes of at least 4 members (excludes halogenated alkanes) is 1. The number of rotatable bonds is 8. The van der Waals surface area contributed by atoms with E-state index in [9.17, 15) is 0 Å². The molecule has 0 rings (SSSR count). The first-order valence-electron chi connectivity index (χ1n) is 4.18. The number of hydrogen-bond donors (Lipinski definition) is 1. The van der Waals surface area contributed by atoms with Crippen molar-refractivity contribution in [2.75, 3.05) is 33.0 Å². The van der Waals surface area contributed by atoms with E-state index < -0.39 is 0 Å². The minimum Gasteiger partial charge on any atom is -0.394 e. The molecule has 0 aromatic heterocycles. The van der Waals surface area contributed by atoms with Gasteiger partial charge in [-0.25, -0.2) is 0 Å². The van der Waals surface area contributed by atoms with Crippen molar-refractivity contribution in [3.63, 3.8) is 0 Å². The van der Waals surface area contributed by atoms with E-state index in [4.69, 9.17) is 14.6 Å². The van der Waals surface area contributed by atoms with Gasteiger partial charge in [-0.15, -0.1) is 0 Å². The Hall–Kier alpha value is 0.503. The van der Waals surface area contributed by atoms with E-state index in [0.29, 0.717) is 19.8 Å². The molecule has 0 bridgehead atoms. The molecule has 0 heterocycles. The summed E-state index contributed by atoms with van der Waals surface area (Å²) in [6.45, 7) is 4.68. The van der Waals surface area contributed by atoms with Gasteiger partial charge < -0.3 is 14.6 Å². The van der Waals surface area contributed by atoms with Crippen molar-refractivity contribution < 1.29 is 34.1 Å². The van der Waals surface area contributed by atoms with E-state index in [1.165, 1.54) is 0 Å². The van der Waals surface area contributed by atoms with E-state index in [1.807, 2.05) is 0 Å². The fraction of sp³-hybridized carbons (Fsp3) is 1.00. The molecule has 0 saturated heterocycles. The van der Waals surface area contributed by atoms with Crippen molar-refractivity contribution in [3.8, 4) is 0 Å². The van der Waals surface area contributed by atoms with Crippen molar-refractivity contribution in [3.05, 3.63) is 0 Å². The fourth-order valence-electron chi connectivity index (χ4n) is 0.633. The van der Waals surface area contributed by atoms with Gasteiger partial charge in [-0.2, -0.15) is 0 Å². The van der Waals surface area contributed by atoms with Crippen molar-refractivity contribution in [2.24, 2.45) is 0 Å². The van der Waals surface area contributed by atoms with E-state index in [1.54, 1.807) is 0 Å². The van der Waals surface area contributed by atoms with Crippen LogP contribution in [0.1, 0.15) is 19.8 Å². The van der Waals surface area contributed by atoms with Crippen molar-refractivity contribution in [1.29, 1.82) is 0 Å². The average Bonchev–Trinajstić information content (AvgIpc) is 2.03. The molecule has 12 heavy (non-hydrogen) atoms. The van der Waals surface area contributed by atoms with Crippen LogP contribution in [0, 0.1) is 0 Å². The number of aliphatic hydroxyl groups is 1. The predicted octanol–water partition coefficient (Wildman–Crippen LogP) is 0.810. The van der Waals surface area contributed by atoms with Crippen LogP contribution in [-0.2, 0) is 29.0 Å². The molecular weight excluding hydrogens is 209 g/mol. The van der Waals surface area contributed by atoms with Gasteiger partial charge in [-0.05, 0) is 6.42 Å². The molecule has 4 heteroatoms. The van der Waals surface area contributed by atoms with Gasteiger partial charge in [-0.1, -0.05) is 13.3 Å². The quantitative estimate of drug-likeness (QED) is 0.493. The monoisotopic (exact) mass is 226 g/mol. The molecule has 0 saturated carbocycles. The van der Waals surface area contributed by atoms with Gasteiger partial charge >= 0.3 is 0 Å². The van der Waals surface area contributed by atoms with Crippen LogP contribution in [0.5, 0.6) is 0 Å². The maximum Gasteiger partial charge on any atom is 0.0701 e. The second-order valence-electron chi connectivity index (χ2n) is 2.30. The fourth-order valence-corrected chi connectivity index (χ4v) is 0.633. The normalized spacial score (nSPS) is 9.50. The zero-order valence-corrected chi connectivity index (χ0v) is 10.9. The summed E-state index contributed by atoms with van der Waals surface area (Å²) < 4.78 is 10.2. The van der Waals surface area contributed by atoms with Crippen LogP contribution in [0.15, 0.2) is 0 Å². The topological polar surface area (TPSA) is 38.7 Å². The zero-order chi connectivity index (χ0) is 8.36. The van der Waals surface area contributed by atoms with Crippen LogP contribution in [0.3, 0.4) is 0 Å². The molecule has 0 unspecified atom stereocenters. The molecule has 70 valence electrons. The average molecular weight is 228 g/mol. The van der Waals surface area contributed by atoms with Gasteiger partial charge in [0.05, 0.1) is 26.4 Å². The summed E-state index contributed by atoms with van der Waals surface area (Å²) in [5.41, 5.74) is 0. The first-order chi connectivity index (χ1) is 5.41. The Labute approximate surface area is 87.2 Å². The van der Waals surface area contributed by atoms with Crippen LogP contribution < -0.4 is 0 Å². The summed E-state index contributed by atoms with van der Waals surface area (Å²) in [7, 11) is 0. The Morgan fingerprint density at radius 2 is 1.58 bits per heavy atom. The van der Waals surface area contributed by atoms with Crippen LogP contribution in [0.2, 0.25) is 0 Å². The Morgan fingerprint density at radius 3 is 2.08 bits per heavy atom. The Morgan fingerprint density at radius 1 is 1.00 bits per heavy atom. The molecule has 0 aromatic carbocycles. The van der Waals surface area contributed by atoms with Crippen LogP contribution in [0.4, 0.5) is 0 Å². The minimum absolute atomic E-state index is 0. The van der Waals surface area contributed by atoms with E-state index >= 15 is 0 Å². The molecule has 0 aliphatic carbocycles. The molecule has 0 aromatic rings. The maximum atomic E-state index is 8.34. The molecule has 0 fully saturated rings. The summed E-state index contributed by atoms with van der Waals surface area (Å²) in [6, 6.07) is 0. The molecule has 0 aliphatic heterocycles. The molecule has 0 radical (unpaired) electrons. The van der Waals surface area contributed by atoms with Crippen LogP contribution in [0.25, 0.3) is 0 Å². The van der Waals surface area contributed by atoms with Crippen LogP contribution in [-0.4, -0.2) is 38.1 Å². The Bertz CT molecular complexity index is 63.3. The van der Waals surface area contributed by atoms with Gasteiger partial charge in [0.2, 0.25) is 0 Å². The predicted molar refractivity (Wildman–Crippen MR) is 43.6 cm³/mol. The van der Waals surface area contributed by atoms with Gasteiger partial charge in [0, 0.05) is 26.1 Å². The standard InChI is InChI=1S/C8H18O3.Zn/c1-2-3-5-10-7-8-11-6-4-9;/h9H,2-8H2,1H3;. The summed E-state index contributed by atoms with van der Waals surface area (Å²) in [6.07, 6.45) is 2.28. The number of hydrogen-bond acceptors (Lipinski definition) is 3. The van der Waals surface area contributed by atoms with Crippen LogP contribution >= 0.6 is 0 Å². The molecule has 3 nitrogen and oxygen atoms in total. The molecule has 0 amide bonds.